The Hall–Kier alpha value is -3.00. The zero-order chi connectivity index (χ0) is 20.4. The van der Waals surface area contributed by atoms with E-state index in [1.807, 2.05) is 18.2 Å². The van der Waals surface area contributed by atoms with Crippen LogP contribution in [0.1, 0.15) is 24.4 Å². The summed E-state index contributed by atoms with van der Waals surface area (Å²) in [5, 5.41) is 10.9. The van der Waals surface area contributed by atoms with Gasteiger partial charge >= 0.3 is 0 Å². The van der Waals surface area contributed by atoms with E-state index < -0.39 is 4.92 Å². The normalized spacial score (nSPS) is 17.8. The number of nitro benzene ring substituents is 1. The van der Waals surface area contributed by atoms with Crippen LogP contribution in [-0.2, 0) is 4.79 Å². The smallest absolute Gasteiger partial charge is 0.271 e. The molecule has 1 atom stereocenters. The van der Waals surface area contributed by atoms with E-state index in [0.29, 0.717) is 31.3 Å². The Kier molecular flexibility index (Phi) is 5.44. The number of carbonyl (C=O) groups excluding carboxylic acids is 1. The van der Waals surface area contributed by atoms with E-state index in [4.69, 9.17) is 25.8 Å². The van der Waals surface area contributed by atoms with E-state index in [9.17, 15) is 14.9 Å². The fraction of sp³-hybridized carbons (Fsp3) is 0.350. The third kappa shape index (κ3) is 4.07. The molecule has 4 rings (SSSR count). The number of rotatable bonds is 5. The van der Waals surface area contributed by atoms with Crippen LogP contribution >= 0.6 is 11.6 Å². The Balaban J connectivity index is 1.44. The zero-order valence-corrected chi connectivity index (χ0v) is 16.3. The molecular weight excluding hydrogens is 400 g/mol. The molecule has 0 saturated carbocycles. The summed E-state index contributed by atoms with van der Waals surface area (Å²) >= 11 is 6.03. The molecule has 0 spiro atoms. The Morgan fingerprint density at radius 1 is 1.21 bits per heavy atom. The summed E-state index contributed by atoms with van der Waals surface area (Å²) < 4.78 is 16.7. The number of non-ortho nitro benzene ring substituents is 1. The molecule has 29 heavy (non-hydrogen) atoms. The molecule has 0 N–H and O–H groups in total. The standard InChI is InChI=1S/C20H19ClN2O6/c21-15-11-14(23(25)26)4-6-17(15)29-12-20(24)22-7-1-2-16(22)13-3-5-18-19(10-13)28-9-8-27-18/h3-6,10-11,16H,1-2,7-9,12H2. The first kappa shape index (κ1) is 19.3. The Labute approximate surface area is 172 Å². The van der Waals surface area contributed by atoms with Crippen molar-refractivity contribution in [3.63, 3.8) is 0 Å². The van der Waals surface area contributed by atoms with Gasteiger partial charge in [0, 0.05) is 18.7 Å². The molecule has 0 aliphatic carbocycles. The van der Waals surface area contributed by atoms with Gasteiger partial charge in [-0.25, -0.2) is 0 Å². The lowest BCUT2D eigenvalue weighted by Gasteiger charge is -2.26. The van der Waals surface area contributed by atoms with Crippen LogP contribution in [0.25, 0.3) is 0 Å². The molecule has 9 heteroatoms. The van der Waals surface area contributed by atoms with E-state index in [-0.39, 0.29) is 35.0 Å². The fourth-order valence-electron chi connectivity index (χ4n) is 3.62. The molecule has 0 radical (unpaired) electrons. The van der Waals surface area contributed by atoms with Crippen molar-refractivity contribution in [3.8, 4) is 17.2 Å². The van der Waals surface area contributed by atoms with E-state index >= 15 is 0 Å². The number of halogens is 1. The molecule has 1 fully saturated rings. The van der Waals surface area contributed by atoms with Crippen LogP contribution in [0.4, 0.5) is 5.69 Å². The minimum Gasteiger partial charge on any atom is -0.486 e. The summed E-state index contributed by atoms with van der Waals surface area (Å²) in [6, 6.07) is 9.59. The van der Waals surface area contributed by atoms with Gasteiger partial charge in [-0.1, -0.05) is 17.7 Å². The average molecular weight is 419 g/mol. The lowest BCUT2D eigenvalue weighted by molar-refractivity contribution is -0.384. The minimum absolute atomic E-state index is 0.0609. The van der Waals surface area contributed by atoms with E-state index in [2.05, 4.69) is 0 Å². The molecular formula is C20H19ClN2O6. The first-order valence-corrected chi connectivity index (χ1v) is 9.66. The van der Waals surface area contributed by atoms with Gasteiger partial charge in [0.1, 0.15) is 19.0 Å². The zero-order valence-electron chi connectivity index (χ0n) is 15.5. The maximum absolute atomic E-state index is 12.8. The van der Waals surface area contributed by atoms with Crippen molar-refractivity contribution in [3.05, 3.63) is 57.1 Å². The summed E-state index contributed by atoms with van der Waals surface area (Å²) in [6.45, 7) is 1.48. The second-order valence-corrected chi connectivity index (χ2v) is 7.22. The van der Waals surface area contributed by atoms with Crippen LogP contribution in [0, 0.1) is 10.1 Å². The molecule has 152 valence electrons. The molecule has 2 aliphatic rings. The lowest BCUT2D eigenvalue weighted by atomic mass is 10.0. The summed E-state index contributed by atoms with van der Waals surface area (Å²) in [4.78, 5) is 24.8. The maximum Gasteiger partial charge on any atom is 0.271 e. The molecule has 0 aromatic heterocycles. The molecule has 2 aromatic rings. The number of ether oxygens (including phenoxy) is 3. The van der Waals surface area contributed by atoms with Crippen molar-refractivity contribution in [2.24, 2.45) is 0 Å². The number of benzene rings is 2. The van der Waals surface area contributed by atoms with Gasteiger partial charge in [-0.3, -0.25) is 14.9 Å². The van der Waals surface area contributed by atoms with E-state index in [1.54, 1.807) is 4.90 Å². The summed E-state index contributed by atoms with van der Waals surface area (Å²) in [5.41, 5.74) is 0.861. The van der Waals surface area contributed by atoms with Gasteiger partial charge in [0.25, 0.3) is 11.6 Å². The quantitative estimate of drug-likeness (QED) is 0.542. The number of amides is 1. The summed E-state index contributed by atoms with van der Waals surface area (Å²) in [5.74, 6) is 1.48. The highest BCUT2D eigenvalue weighted by molar-refractivity contribution is 6.32. The Morgan fingerprint density at radius 2 is 2.00 bits per heavy atom. The lowest BCUT2D eigenvalue weighted by Crippen LogP contribution is -2.34. The predicted octanol–water partition coefficient (Wildman–Crippen LogP) is 3.76. The van der Waals surface area contributed by atoms with Gasteiger partial charge in [-0.2, -0.15) is 0 Å². The van der Waals surface area contributed by atoms with Gasteiger partial charge in [-0.05, 0) is 36.6 Å². The van der Waals surface area contributed by atoms with Crippen molar-refractivity contribution < 1.29 is 23.9 Å². The third-order valence-electron chi connectivity index (χ3n) is 5.00. The molecule has 1 unspecified atom stereocenters. The van der Waals surface area contributed by atoms with Crippen LogP contribution < -0.4 is 14.2 Å². The van der Waals surface area contributed by atoms with Gasteiger partial charge in [0.2, 0.25) is 0 Å². The highest BCUT2D eigenvalue weighted by atomic mass is 35.5. The number of hydrogen-bond acceptors (Lipinski definition) is 6. The monoisotopic (exact) mass is 418 g/mol. The molecule has 2 aliphatic heterocycles. The second kappa shape index (κ2) is 8.16. The second-order valence-electron chi connectivity index (χ2n) is 6.81. The van der Waals surface area contributed by atoms with Gasteiger partial charge in [0.15, 0.2) is 18.1 Å². The topological polar surface area (TPSA) is 91.1 Å². The first-order valence-electron chi connectivity index (χ1n) is 9.28. The number of fused-ring (bicyclic) bond motifs is 1. The van der Waals surface area contributed by atoms with Crippen LogP contribution in [0.5, 0.6) is 17.2 Å². The molecule has 8 nitrogen and oxygen atoms in total. The van der Waals surface area contributed by atoms with Crippen LogP contribution in [0.3, 0.4) is 0 Å². The first-order chi connectivity index (χ1) is 14.0. The number of hydrogen-bond donors (Lipinski definition) is 0. The van der Waals surface area contributed by atoms with Gasteiger partial charge < -0.3 is 19.1 Å². The number of carbonyl (C=O) groups is 1. The molecule has 2 aromatic carbocycles. The van der Waals surface area contributed by atoms with Crippen LogP contribution in [0.2, 0.25) is 5.02 Å². The third-order valence-corrected chi connectivity index (χ3v) is 5.30. The van der Waals surface area contributed by atoms with Crippen molar-refractivity contribution in [2.75, 3.05) is 26.4 Å². The van der Waals surface area contributed by atoms with Crippen molar-refractivity contribution in [2.45, 2.75) is 18.9 Å². The molecule has 1 amide bonds. The minimum atomic E-state index is -0.539. The fourth-order valence-corrected chi connectivity index (χ4v) is 3.85. The average Bonchev–Trinajstić information content (AvgIpc) is 3.22. The van der Waals surface area contributed by atoms with Gasteiger partial charge in [0.05, 0.1) is 16.0 Å². The highest BCUT2D eigenvalue weighted by Gasteiger charge is 2.31. The Bertz CT molecular complexity index is 951. The van der Waals surface area contributed by atoms with Crippen LogP contribution in [0.15, 0.2) is 36.4 Å². The van der Waals surface area contributed by atoms with Crippen molar-refractivity contribution >= 4 is 23.2 Å². The highest BCUT2D eigenvalue weighted by Crippen LogP contribution is 2.38. The van der Waals surface area contributed by atoms with E-state index in [1.165, 1.54) is 18.2 Å². The van der Waals surface area contributed by atoms with Crippen molar-refractivity contribution in [1.82, 2.24) is 4.90 Å². The molecule has 2 heterocycles. The van der Waals surface area contributed by atoms with Crippen LogP contribution in [-0.4, -0.2) is 42.1 Å². The number of nitrogens with zero attached hydrogens (tertiary/aromatic N) is 2. The largest absolute Gasteiger partial charge is 0.486 e. The molecule has 0 bridgehead atoms. The Morgan fingerprint density at radius 3 is 2.76 bits per heavy atom. The van der Waals surface area contributed by atoms with Crippen molar-refractivity contribution in [1.29, 1.82) is 0 Å². The van der Waals surface area contributed by atoms with Gasteiger partial charge in [-0.15, -0.1) is 0 Å². The number of nitro groups is 1. The maximum atomic E-state index is 12.8. The number of likely N-dealkylation sites (tertiary alicyclic amines) is 1. The predicted molar refractivity (Wildman–Crippen MR) is 105 cm³/mol. The summed E-state index contributed by atoms with van der Waals surface area (Å²) in [6.07, 6.45) is 1.74. The summed E-state index contributed by atoms with van der Waals surface area (Å²) in [7, 11) is 0. The molecule has 1 saturated heterocycles. The van der Waals surface area contributed by atoms with E-state index in [0.717, 1.165) is 18.4 Å². The SMILES string of the molecule is O=C(COc1ccc([N+](=O)[O-])cc1Cl)N1CCCC1c1ccc2c(c1)OCCO2.